The van der Waals surface area contributed by atoms with Crippen molar-refractivity contribution < 1.29 is 23.8 Å². The summed E-state index contributed by atoms with van der Waals surface area (Å²) >= 11 is 0. The van der Waals surface area contributed by atoms with Gasteiger partial charge in [0.15, 0.2) is 11.5 Å². The molecule has 2 amide bonds. The SMILES string of the molecule is COCCCN(C[C@@H]1CCCN2CCCC[C@H]12)C(=O)C1CC(=O)N(c2ccc3c(c2)OCCO3)C1. The Kier molecular flexibility index (Phi) is 7.78. The summed E-state index contributed by atoms with van der Waals surface area (Å²) in [7, 11) is 1.70. The molecule has 0 aliphatic carbocycles. The van der Waals surface area contributed by atoms with Crippen LogP contribution < -0.4 is 14.4 Å². The van der Waals surface area contributed by atoms with E-state index in [1.165, 1.54) is 45.2 Å². The molecule has 1 aromatic carbocycles. The highest BCUT2D eigenvalue weighted by Crippen LogP contribution is 2.37. The fourth-order valence-corrected chi connectivity index (χ4v) is 6.35. The first-order valence-corrected chi connectivity index (χ1v) is 13.4. The summed E-state index contributed by atoms with van der Waals surface area (Å²) in [5, 5.41) is 0. The van der Waals surface area contributed by atoms with Crippen LogP contribution in [-0.2, 0) is 14.3 Å². The van der Waals surface area contributed by atoms with Crippen LogP contribution in [-0.4, -0.2) is 87.3 Å². The van der Waals surface area contributed by atoms with Gasteiger partial charge in [-0.05, 0) is 63.2 Å². The van der Waals surface area contributed by atoms with Gasteiger partial charge >= 0.3 is 0 Å². The number of methoxy groups -OCH3 is 1. The minimum atomic E-state index is -0.315. The average molecular weight is 486 g/mol. The number of hydrogen-bond donors (Lipinski definition) is 0. The van der Waals surface area contributed by atoms with Crippen molar-refractivity contribution in [3.05, 3.63) is 18.2 Å². The molecule has 8 nitrogen and oxygen atoms in total. The molecule has 0 bridgehead atoms. The van der Waals surface area contributed by atoms with Crippen molar-refractivity contribution >= 4 is 17.5 Å². The van der Waals surface area contributed by atoms with E-state index in [9.17, 15) is 9.59 Å². The van der Waals surface area contributed by atoms with Gasteiger partial charge in [0, 0.05) is 57.6 Å². The highest BCUT2D eigenvalue weighted by molar-refractivity contribution is 6.00. The van der Waals surface area contributed by atoms with Gasteiger partial charge in [0.25, 0.3) is 0 Å². The molecule has 0 spiro atoms. The molecule has 0 radical (unpaired) electrons. The van der Waals surface area contributed by atoms with Gasteiger partial charge < -0.3 is 28.9 Å². The molecule has 0 aromatic heterocycles. The molecular formula is C27H39N3O5. The van der Waals surface area contributed by atoms with Crippen molar-refractivity contribution in [3.8, 4) is 11.5 Å². The van der Waals surface area contributed by atoms with Crippen LogP contribution in [0.15, 0.2) is 18.2 Å². The van der Waals surface area contributed by atoms with E-state index < -0.39 is 0 Å². The number of anilines is 1. The molecule has 4 aliphatic heterocycles. The first kappa shape index (κ1) is 24.4. The minimum absolute atomic E-state index is 0.00649. The van der Waals surface area contributed by atoms with E-state index in [1.807, 2.05) is 23.1 Å². The summed E-state index contributed by atoms with van der Waals surface area (Å²) in [6, 6.07) is 6.18. The van der Waals surface area contributed by atoms with Gasteiger partial charge in [-0.25, -0.2) is 0 Å². The number of piperidine rings is 2. The molecule has 3 saturated heterocycles. The number of rotatable bonds is 8. The average Bonchev–Trinajstić information content (AvgIpc) is 3.29. The summed E-state index contributed by atoms with van der Waals surface area (Å²) in [6.07, 6.45) is 7.29. The summed E-state index contributed by atoms with van der Waals surface area (Å²) in [4.78, 5) is 33.2. The number of carbonyl (C=O) groups is 2. The van der Waals surface area contributed by atoms with Crippen LogP contribution in [0.4, 0.5) is 5.69 Å². The Bertz CT molecular complexity index is 907. The maximum atomic E-state index is 13.8. The van der Waals surface area contributed by atoms with Crippen molar-refractivity contribution in [2.24, 2.45) is 11.8 Å². The Morgan fingerprint density at radius 3 is 2.80 bits per heavy atom. The van der Waals surface area contributed by atoms with Crippen LogP contribution in [0.3, 0.4) is 0 Å². The number of amides is 2. The lowest BCUT2D eigenvalue weighted by atomic mass is 9.83. The van der Waals surface area contributed by atoms with E-state index in [2.05, 4.69) is 4.90 Å². The van der Waals surface area contributed by atoms with E-state index in [0.717, 1.165) is 18.7 Å². The lowest BCUT2D eigenvalue weighted by Crippen LogP contribution is -2.52. The van der Waals surface area contributed by atoms with Gasteiger partial charge in [0.1, 0.15) is 13.2 Å². The molecule has 3 fully saturated rings. The lowest BCUT2D eigenvalue weighted by molar-refractivity contribution is -0.137. The van der Waals surface area contributed by atoms with E-state index >= 15 is 0 Å². The standard InChI is InChI=1S/C27H39N3O5/c1-33-13-5-12-29(18-20-6-4-11-28-10-3-2-7-23(20)28)27(32)21-16-26(31)30(19-21)22-8-9-24-25(17-22)35-15-14-34-24/h8-9,17,20-21,23H,2-7,10-16,18-19H2,1H3/t20-,21?,23+/m0/s1. The van der Waals surface area contributed by atoms with Crippen LogP contribution in [0, 0.1) is 11.8 Å². The third kappa shape index (κ3) is 5.43. The van der Waals surface area contributed by atoms with Gasteiger partial charge in [-0.2, -0.15) is 0 Å². The fraction of sp³-hybridized carbons (Fsp3) is 0.704. The van der Waals surface area contributed by atoms with Crippen LogP contribution in [0.5, 0.6) is 11.5 Å². The molecule has 3 atom stereocenters. The second-order valence-electron chi connectivity index (χ2n) is 10.4. The molecule has 4 aliphatic rings. The number of nitrogens with zero attached hydrogens (tertiary/aromatic N) is 3. The molecule has 1 unspecified atom stereocenters. The third-order valence-electron chi connectivity index (χ3n) is 8.08. The largest absolute Gasteiger partial charge is 0.486 e. The van der Waals surface area contributed by atoms with Gasteiger partial charge in [-0.15, -0.1) is 0 Å². The Morgan fingerprint density at radius 2 is 1.94 bits per heavy atom. The molecule has 4 heterocycles. The van der Waals surface area contributed by atoms with E-state index in [1.54, 1.807) is 12.0 Å². The Hall–Kier alpha value is -2.32. The van der Waals surface area contributed by atoms with Gasteiger partial charge in [-0.1, -0.05) is 6.42 Å². The van der Waals surface area contributed by atoms with Crippen LogP contribution in [0.2, 0.25) is 0 Å². The molecule has 0 N–H and O–H groups in total. The van der Waals surface area contributed by atoms with Gasteiger partial charge in [-0.3, -0.25) is 9.59 Å². The second kappa shape index (κ2) is 11.2. The smallest absolute Gasteiger partial charge is 0.228 e. The predicted molar refractivity (Wildman–Crippen MR) is 133 cm³/mol. The molecular weight excluding hydrogens is 446 g/mol. The Labute approximate surface area is 208 Å². The third-order valence-corrected chi connectivity index (χ3v) is 8.08. The maximum Gasteiger partial charge on any atom is 0.228 e. The van der Waals surface area contributed by atoms with Crippen molar-refractivity contribution in [1.29, 1.82) is 0 Å². The molecule has 5 rings (SSSR count). The molecule has 192 valence electrons. The summed E-state index contributed by atoms with van der Waals surface area (Å²) in [5.41, 5.74) is 0.769. The number of carbonyl (C=O) groups excluding carboxylic acids is 2. The Morgan fingerprint density at radius 1 is 1.11 bits per heavy atom. The highest BCUT2D eigenvalue weighted by Gasteiger charge is 2.40. The number of hydrogen-bond acceptors (Lipinski definition) is 6. The number of benzene rings is 1. The molecule has 1 aromatic rings. The Balaban J connectivity index is 1.27. The zero-order valence-electron chi connectivity index (χ0n) is 21.0. The minimum Gasteiger partial charge on any atom is -0.486 e. The second-order valence-corrected chi connectivity index (χ2v) is 10.4. The van der Waals surface area contributed by atoms with Crippen LogP contribution >= 0.6 is 0 Å². The molecule has 35 heavy (non-hydrogen) atoms. The number of ether oxygens (including phenoxy) is 3. The predicted octanol–water partition coefficient (Wildman–Crippen LogP) is 2.94. The van der Waals surface area contributed by atoms with Crippen molar-refractivity contribution in [1.82, 2.24) is 9.80 Å². The number of fused-ring (bicyclic) bond motifs is 2. The summed E-state index contributed by atoms with van der Waals surface area (Å²) in [5.74, 6) is 1.67. The maximum absolute atomic E-state index is 13.8. The first-order chi connectivity index (χ1) is 17.1. The van der Waals surface area contributed by atoms with Crippen LogP contribution in [0.25, 0.3) is 0 Å². The van der Waals surface area contributed by atoms with Crippen molar-refractivity contribution in [2.75, 3.05) is 64.6 Å². The fourth-order valence-electron chi connectivity index (χ4n) is 6.35. The summed E-state index contributed by atoms with van der Waals surface area (Å²) < 4.78 is 16.6. The lowest BCUT2D eigenvalue weighted by Gasteiger charge is -2.46. The highest BCUT2D eigenvalue weighted by atomic mass is 16.6. The topological polar surface area (TPSA) is 71.6 Å². The quantitative estimate of drug-likeness (QED) is 0.528. The normalized spacial score (nSPS) is 26.5. The van der Waals surface area contributed by atoms with Crippen LogP contribution in [0.1, 0.15) is 44.9 Å². The van der Waals surface area contributed by atoms with E-state index in [-0.39, 0.29) is 24.2 Å². The zero-order chi connectivity index (χ0) is 24.2. The molecule has 0 saturated carbocycles. The zero-order valence-corrected chi connectivity index (χ0v) is 21.0. The summed E-state index contributed by atoms with van der Waals surface area (Å²) in [6.45, 7) is 5.95. The van der Waals surface area contributed by atoms with E-state index in [4.69, 9.17) is 14.2 Å². The van der Waals surface area contributed by atoms with Crippen molar-refractivity contribution in [2.45, 2.75) is 51.0 Å². The molecule has 8 heteroatoms. The van der Waals surface area contributed by atoms with Crippen molar-refractivity contribution in [3.63, 3.8) is 0 Å². The van der Waals surface area contributed by atoms with Gasteiger partial charge in [0.2, 0.25) is 11.8 Å². The van der Waals surface area contributed by atoms with Gasteiger partial charge in [0.05, 0.1) is 5.92 Å². The monoisotopic (exact) mass is 485 g/mol. The first-order valence-electron chi connectivity index (χ1n) is 13.4. The van der Waals surface area contributed by atoms with E-state index in [0.29, 0.717) is 56.4 Å².